The zero-order valence-corrected chi connectivity index (χ0v) is 24.1. The number of aromatic nitrogens is 8. The van der Waals surface area contributed by atoms with Crippen LogP contribution in [0.15, 0.2) is 45.4 Å². The van der Waals surface area contributed by atoms with Crippen molar-refractivity contribution < 1.29 is 19.4 Å². The number of carboxylic acid groups (broad SMARTS) is 1. The van der Waals surface area contributed by atoms with Crippen LogP contribution in [0, 0.1) is 6.92 Å². The molecule has 4 aromatic heterocycles. The number of rotatable bonds is 11. The Balaban J connectivity index is 1.23. The second-order valence-electron chi connectivity index (χ2n) is 10.9. The first kappa shape index (κ1) is 29.1. The van der Waals surface area contributed by atoms with Crippen molar-refractivity contribution in [1.29, 1.82) is 0 Å². The quantitative estimate of drug-likeness (QED) is 0.131. The first-order valence-corrected chi connectivity index (χ1v) is 13.6. The van der Waals surface area contributed by atoms with Crippen LogP contribution in [0.3, 0.4) is 0 Å². The molecule has 0 saturated heterocycles. The Bertz CT molecular complexity index is 1870. The first-order valence-electron chi connectivity index (χ1n) is 13.6. The molecule has 4 heterocycles. The van der Waals surface area contributed by atoms with E-state index in [0.29, 0.717) is 53.7 Å². The standard InChI is InChI=1S/C27H31N11O5/c1-15-14-20(40)37-26(28-15)31-25(36-37)33-32-22-23(27(2,3)4)35-38-24(22)30-18(34-38)6-5-13-43-17-9-7-16(8-10-17)29-19(39)11-12-21(41)42/h7-10,14,35H,5-6,11-13H2,1-4H3,(H,29,39)(H,41,42)(H,28,31,36). The molecule has 1 aromatic carbocycles. The van der Waals surface area contributed by atoms with Gasteiger partial charge in [0, 0.05) is 35.7 Å². The van der Waals surface area contributed by atoms with Gasteiger partial charge in [-0.2, -0.15) is 14.1 Å². The minimum Gasteiger partial charge on any atom is -0.494 e. The van der Waals surface area contributed by atoms with Gasteiger partial charge in [0.25, 0.3) is 17.3 Å². The third-order valence-corrected chi connectivity index (χ3v) is 6.28. The van der Waals surface area contributed by atoms with Crippen molar-refractivity contribution in [2.45, 2.75) is 58.8 Å². The van der Waals surface area contributed by atoms with E-state index in [1.807, 2.05) is 20.8 Å². The van der Waals surface area contributed by atoms with Crippen LogP contribution in [-0.4, -0.2) is 63.0 Å². The normalized spacial score (nSPS) is 12.0. The Morgan fingerprint density at radius 2 is 1.84 bits per heavy atom. The fraction of sp³-hybridized carbons (Fsp3) is 0.370. The van der Waals surface area contributed by atoms with Gasteiger partial charge in [0.15, 0.2) is 11.5 Å². The van der Waals surface area contributed by atoms with Gasteiger partial charge in [0.05, 0.1) is 18.7 Å². The highest BCUT2D eigenvalue weighted by Crippen LogP contribution is 2.34. The molecule has 0 spiro atoms. The lowest BCUT2D eigenvalue weighted by atomic mass is 9.91. The Hall–Kier alpha value is -5.41. The van der Waals surface area contributed by atoms with Crippen LogP contribution in [0.25, 0.3) is 11.4 Å². The molecule has 5 rings (SSSR count). The van der Waals surface area contributed by atoms with Gasteiger partial charge in [-0.25, -0.2) is 9.97 Å². The van der Waals surface area contributed by atoms with E-state index in [2.05, 4.69) is 45.8 Å². The van der Waals surface area contributed by atoms with Crippen molar-refractivity contribution in [2.75, 3.05) is 11.9 Å². The number of aromatic amines is 2. The molecule has 0 bridgehead atoms. The lowest BCUT2D eigenvalue weighted by molar-refractivity contribution is -0.138. The predicted molar refractivity (Wildman–Crippen MR) is 154 cm³/mol. The van der Waals surface area contributed by atoms with Crippen molar-refractivity contribution >= 4 is 40.6 Å². The number of carbonyl (C=O) groups excluding carboxylic acids is 1. The Morgan fingerprint density at radius 3 is 2.56 bits per heavy atom. The van der Waals surface area contributed by atoms with Gasteiger partial charge >= 0.3 is 5.97 Å². The molecular weight excluding hydrogens is 558 g/mol. The largest absolute Gasteiger partial charge is 0.494 e. The van der Waals surface area contributed by atoms with Crippen LogP contribution in [-0.2, 0) is 21.4 Å². The number of nitrogens with zero attached hydrogens (tertiary/aromatic N) is 8. The molecule has 0 fully saturated rings. The number of H-pyrrole nitrogens is 2. The molecule has 224 valence electrons. The van der Waals surface area contributed by atoms with Crippen LogP contribution in [0.2, 0.25) is 0 Å². The van der Waals surface area contributed by atoms with Crippen LogP contribution in [0.4, 0.5) is 17.3 Å². The van der Waals surface area contributed by atoms with Gasteiger partial charge in [0.2, 0.25) is 11.6 Å². The van der Waals surface area contributed by atoms with E-state index >= 15 is 0 Å². The number of benzene rings is 1. The third kappa shape index (κ3) is 6.91. The molecule has 5 aromatic rings. The van der Waals surface area contributed by atoms with Crippen LogP contribution < -0.4 is 15.6 Å². The third-order valence-electron chi connectivity index (χ3n) is 6.28. The van der Waals surface area contributed by atoms with E-state index in [1.165, 1.54) is 10.6 Å². The topological polar surface area (TPSA) is 209 Å². The van der Waals surface area contributed by atoms with Crippen LogP contribution in [0.5, 0.6) is 5.75 Å². The molecule has 0 aliphatic heterocycles. The smallest absolute Gasteiger partial charge is 0.303 e. The molecule has 0 aliphatic carbocycles. The van der Waals surface area contributed by atoms with Gasteiger partial charge in [-0.3, -0.25) is 24.6 Å². The highest BCUT2D eigenvalue weighted by Gasteiger charge is 2.25. The van der Waals surface area contributed by atoms with Crippen LogP contribution >= 0.6 is 0 Å². The zero-order valence-electron chi connectivity index (χ0n) is 24.1. The number of ether oxygens (including phenoxy) is 1. The number of aryl methyl sites for hydroxylation is 2. The molecule has 0 aliphatic rings. The number of nitrogens with one attached hydrogen (secondary N) is 3. The monoisotopic (exact) mass is 589 g/mol. The second-order valence-corrected chi connectivity index (χ2v) is 10.9. The summed E-state index contributed by atoms with van der Waals surface area (Å²) in [5.41, 5.74) is 2.30. The van der Waals surface area contributed by atoms with Gasteiger partial charge in [-0.15, -0.1) is 15.3 Å². The molecule has 0 radical (unpaired) electrons. The second kappa shape index (κ2) is 11.8. The molecule has 16 nitrogen and oxygen atoms in total. The van der Waals surface area contributed by atoms with Gasteiger partial charge in [0.1, 0.15) is 5.75 Å². The summed E-state index contributed by atoms with van der Waals surface area (Å²) in [5.74, 6) is 0.175. The number of aliphatic carboxylic acids is 1. The van der Waals surface area contributed by atoms with E-state index in [0.717, 1.165) is 5.69 Å². The summed E-state index contributed by atoms with van der Waals surface area (Å²) in [4.78, 5) is 47.7. The molecule has 16 heteroatoms. The fourth-order valence-corrected chi connectivity index (χ4v) is 4.20. The minimum absolute atomic E-state index is 0.0898. The number of carbonyl (C=O) groups is 2. The van der Waals surface area contributed by atoms with E-state index in [-0.39, 0.29) is 41.4 Å². The average molecular weight is 590 g/mol. The zero-order chi connectivity index (χ0) is 30.7. The number of amides is 1. The summed E-state index contributed by atoms with van der Waals surface area (Å²) in [5, 5.41) is 30.6. The maximum Gasteiger partial charge on any atom is 0.303 e. The molecule has 0 saturated carbocycles. The number of carboxylic acids is 1. The minimum atomic E-state index is -1.02. The summed E-state index contributed by atoms with van der Waals surface area (Å²) in [6.07, 6.45) is 0.879. The summed E-state index contributed by atoms with van der Waals surface area (Å²) in [7, 11) is 0. The highest BCUT2D eigenvalue weighted by atomic mass is 16.5. The number of azo groups is 1. The predicted octanol–water partition coefficient (Wildman–Crippen LogP) is 3.62. The summed E-state index contributed by atoms with van der Waals surface area (Å²) in [6, 6.07) is 8.24. The molecule has 0 unspecified atom stereocenters. The van der Waals surface area contributed by atoms with Crippen molar-refractivity contribution in [1.82, 2.24) is 39.4 Å². The van der Waals surface area contributed by atoms with Crippen molar-refractivity contribution in [3.05, 3.63) is 57.9 Å². The summed E-state index contributed by atoms with van der Waals surface area (Å²) >= 11 is 0. The van der Waals surface area contributed by atoms with E-state index < -0.39 is 5.97 Å². The number of anilines is 1. The maximum absolute atomic E-state index is 12.2. The lowest BCUT2D eigenvalue weighted by Crippen LogP contribution is -2.14. The molecule has 4 N–H and O–H groups in total. The molecular formula is C27H31N11O5. The van der Waals surface area contributed by atoms with Gasteiger partial charge in [-0.05, 0) is 37.6 Å². The maximum atomic E-state index is 12.2. The number of hydrogen-bond acceptors (Lipinski definition) is 10. The highest BCUT2D eigenvalue weighted by molar-refractivity contribution is 5.92. The van der Waals surface area contributed by atoms with Crippen molar-refractivity contribution in [3.8, 4) is 5.75 Å². The Kier molecular flexibility index (Phi) is 8.00. The number of hydrogen-bond donors (Lipinski definition) is 4. The van der Waals surface area contributed by atoms with E-state index in [9.17, 15) is 14.4 Å². The van der Waals surface area contributed by atoms with E-state index in [1.54, 1.807) is 35.8 Å². The molecule has 1 amide bonds. The van der Waals surface area contributed by atoms with Gasteiger partial charge < -0.3 is 15.2 Å². The summed E-state index contributed by atoms with van der Waals surface area (Å²) in [6.45, 7) is 8.22. The fourth-order valence-electron chi connectivity index (χ4n) is 4.20. The number of fused-ring (bicyclic) bond motifs is 2. The molecule has 0 atom stereocenters. The van der Waals surface area contributed by atoms with Crippen molar-refractivity contribution in [2.24, 2.45) is 10.2 Å². The average Bonchev–Trinajstić information content (AvgIpc) is 3.62. The Labute approximate surface area is 244 Å². The SMILES string of the molecule is Cc1cc(=O)n2[nH]c(N=Nc3c(C(C)(C)C)[nH]n4nc(CCCOc5ccc(NC(=O)CCC(=O)O)cc5)nc34)nc2n1. The molecule has 43 heavy (non-hydrogen) atoms. The lowest BCUT2D eigenvalue weighted by Gasteiger charge is -2.16. The summed E-state index contributed by atoms with van der Waals surface area (Å²) < 4.78 is 8.58. The van der Waals surface area contributed by atoms with Crippen LogP contribution in [0.1, 0.15) is 57.2 Å². The van der Waals surface area contributed by atoms with Gasteiger partial charge in [-0.1, -0.05) is 20.8 Å². The van der Waals surface area contributed by atoms with E-state index in [4.69, 9.17) is 9.84 Å². The van der Waals surface area contributed by atoms with Crippen molar-refractivity contribution in [3.63, 3.8) is 0 Å². The first-order chi connectivity index (χ1) is 20.5. The Morgan fingerprint density at radius 1 is 1.07 bits per heavy atom.